The summed E-state index contributed by atoms with van der Waals surface area (Å²) < 4.78 is 13.2. The first kappa shape index (κ1) is 9.50. The van der Waals surface area contributed by atoms with E-state index in [1.54, 1.807) is 12.1 Å². The van der Waals surface area contributed by atoms with Gasteiger partial charge in [0.15, 0.2) is 0 Å². The Kier molecular flexibility index (Phi) is 2.71. The Balaban J connectivity index is 2.27. The van der Waals surface area contributed by atoms with Crippen molar-refractivity contribution in [3.05, 3.63) is 29.6 Å². The molecule has 1 aliphatic heterocycles. The summed E-state index contributed by atoms with van der Waals surface area (Å²) in [7, 11) is 0. The van der Waals surface area contributed by atoms with Crippen LogP contribution in [0.25, 0.3) is 0 Å². The van der Waals surface area contributed by atoms with E-state index in [0.29, 0.717) is 0 Å². The van der Waals surface area contributed by atoms with Crippen LogP contribution in [0.5, 0.6) is 0 Å². The third-order valence-corrected chi connectivity index (χ3v) is 2.82. The molecular formula is C12H16FN. The minimum atomic E-state index is -0.105. The molecule has 0 unspecified atom stereocenters. The lowest BCUT2D eigenvalue weighted by atomic mass is 10.1. The second-order valence-corrected chi connectivity index (χ2v) is 3.87. The third kappa shape index (κ3) is 1.89. The number of aryl methyl sites for hydroxylation is 1. The average Bonchev–Trinajstić information content (AvgIpc) is 2.69. The molecule has 76 valence electrons. The number of halogens is 1. The summed E-state index contributed by atoms with van der Waals surface area (Å²) >= 11 is 0. The fraction of sp³-hybridized carbons (Fsp3) is 0.500. The van der Waals surface area contributed by atoms with Crippen molar-refractivity contribution in [2.75, 3.05) is 18.0 Å². The van der Waals surface area contributed by atoms with E-state index in [0.717, 1.165) is 30.8 Å². The maximum absolute atomic E-state index is 13.2. The van der Waals surface area contributed by atoms with Crippen molar-refractivity contribution in [3.63, 3.8) is 0 Å². The van der Waals surface area contributed by atoms with Gasteiger partial charge >= 0.3 is 0 Å². The molecule has 0 amide bonds. The summed E-state index contributed by atoms with van der Waals surface area (Å²) in [4.78, 5) is 2.27. The predicted molar refractivity (Wildman–Crippen MR) is 57.2 cm³/mol. The largest absolute Gasteiger partial charge is 0.371 e. The molecule has 14 heavy (non-hydrogen) atoms. The minimum absolute atomic E-state index is 0.105. The molecule has 0 aliphatic carbocycles. The topological polar surface area (TPSA) is 3.24 Å². The second kappa shape index (κ2) is 3.99. The summed E-state index contributed by atoms with van der Waals surface area (Å²) in [5.74, 6) is -0.105. The first-order valence-electron chi connectivity index (χ1n) is 5.34. The highest BCUT2D eigenvalue weighted by Gasteiger charge is 2.13. The molecule has 1 aromatic carbocycles. The molecule has 1 aliphatic rings. The van der Waals surface area contributed by atoms with Crippen LogP contribution in [-0.4, -0.2) is 13.1 Å². The van der Waals surface area contributed by atoms with Crippen molar-refractivity contribution in [1.82, 2.24) is 0 Å². The van der Waals surface area contributed by atoms with Gasteiger partial charge in [0.2, 0.25) is 0 Å². The standard InChI is InChI=1S/C12H16FN/c1-2-10-7-11(13)9-12(8-10)14-5-3-4-6-14/h7-9H,2-6H2,1H3. The Morgan fingerprint density at radius 2 is 1.93 bits per heavy atom. The van der Waals surface area contributed by atoms with Crippen molar-refractivity contribution in [2.45, 2.75) is 26.2 Å². The van der Waals surface area contributed by atoms with Gasteiger partial charge in [0.1, 0.15) is 5.82 Å². The fourth-order valence-electron chi connectivity index (χ4n) is 2.00. The zero-order chi connectivity index (χ0) is 9.97. The van der Waals surface area contributed by atoms with Gasteiger partial charge in [0.05, 0.1) is 0 Å². The molecule has 0 aromatic heterocycles. The quantitative estimate of drug-likeness (QED) is 0.698. The first-order valence-corrected chi connectivity index (χ1v) is 5.34. The van der Waals surface area contributed by atoms with Gasteiger partial charge in [-0.2, -0.15) is 0 Å². The molecule has 1 nitrogen and oxygen atoms in total. The summed E-state index contributed by atoms with van der Waals surface area (Å²) in [5, 5.41) is 0. The summed E-state index contributed by atoms with van der Waals surface area (Å²) in [6.45, 7) is 4.21. The molecule has 1 saturated heterocycles. The lowest BCUT2D eigenvalue weighted by molar-refractivity contribution is 0.625. The van der Waals surface area contributed by atoms with E-state index in [2.05, 4.69) is 17.9 Å². The van der Waals surface area contributed by atoms with Crippen LogP contribution in [-0.2, 0) is 6.42 Å². The van der Waals surface area contributed by atoms with Gasteiger partial charge in [-0.25, -0.2) is 4.39 Å². The Hall–Kier alpha value is -1.05. The van der Waals surface area contributed by atoms with Crippen LogP contribution in [0, 0.1) is 5.82 Å². The number of anilines is 1. The zero-order valence-corrected chi connectivity index (χ0v) is 8.59. The number of nitrogens with zero attached hydrogens (tertiary/aromatic N) is 1. The van der Waals surface area contributed by atoms with E-state index >= 15 is 0 Å². The third-order valence-electron chi connectivity index (χ3n) is 2.82. The predicted octanol–water partition coefficient (Wildman–Crippen LogP) is 2.99. The molecule has 0 N–H and O–H groups in total. The minimum Gasteiger partial charge on any atom is -0.371 e. The molecule has 1 aromatic rings. The molecule has 2 heteroatoms. The molecule has 0 atom stereocenters. The van der Waals surface area contributed by atoms with Crippen molar-refractivity contribution in [1.29, 1.82) is 0 Å². The Bertz CT molecular complexity index is 316. The number of hydrogen-bond acceptors (Lipinski definition) is 1. The van der Waals surface area contributed by atoms with E-state index in [-0.39, 0.29) is 5.82 Å². The van der Waals surface area contributed by atoms with Gasteiger partial charge in [-0.15, -0.1) is 0 Å². The van der Waals surface area contributed by atoms with Gasteiger partial charge in [-0.3, -0.25) is 0 Å². The van der Waals surface area contributed by atoms with Crippen molar-refractivity contribution >= 4 is 5.69 Å². The molecule has 2 rings (SSSR count). The fourth-order valence-corrected chi connectivity index (χ4v) is 2.00. The van der Waals surface area contributed by atoms with E-state index in [1.165, 1.54) is 12.8 Å². The van der Waals surface area contributed by atoms with Crippen LogP contribution in [0.1, 0.15) is 25.3 Å². The Labute approximate surface area is 84.5 Å². The maximum atomic E-state index is 13.2. The van der Waals surface area contributed by atoms with E-state index in [1.807, 2.05) is 0 Å². The molecule has 1 heterocycles. The molecule has 1 fully saturated rings. The molecule has 0 saturated carbocycles. The van der Waals surface area contributed by atoms with Gasteiger partial charge < -0.3 is 4.90 Å². The lowest BCUT2D eigenvalue weighted by Crippen LogP contribution is -2.17. The second-order valence-electron chi connectivity index (χ2n) is 3.87. The number of hydrogen-bond donors (Lipinski definition) is 0. The monoisotopic (exact) mass is 193 g/mol. The molecule has 0 radical (unpaired) electrons. The highest BCUT2D eigenvalue weighted by Crippen LogP contribution is 2.22. The molecule has 0 spiro atoms. The summed E-state index contributed by atoms with van der Waals surface area (Å²) in [6, 6.07) is 5.37. The van der Waals surface area contributed by atoms with E-state index in [4.69, 9.17) is 0 Å². The average molecular weight is 193 g/mol. The van der Waals surface area contributed by atoms with Crippen LogP contribution < -0.4 is 4.90 Å². The van der Waals surface area contributed by atoms with Crippen molar-refractivity contribution < 1.29 is 4.39 Å². The normalized spacial score (nSPS) is 16.3. The number of benzene rings is 1. The Morgan fingerprint density at radius 1 is 1.21 bits per heavy atom. The van der Waals surface area contributed by atoms with Crippen LogP contribution in [0.2, 0.25) is 0 Å². The van der Waals surface area contributed by atoms with Crippen molar-refractivity contribution in [2.24, 2.45) is 0 Å². The lowest BCUT2D eigenvalue weighted by Gasteiger charge is -2.18. The van der Waals surface area contributed by atoms with Crippen LogP contribution in [0.3, 0.4) is 0 Å². The smallest absolute Gasteiger partial charge is 0.125 e. The maximum Gasteiger partial charge on any atom is 0.125 e. The van der Waals surface area contributed by atoms with Gasteiger partial charge in [0.25, 0.3) is 0 Å². The highest BCUT2D eigenvalue weighted by molar-refractivity contribution is 5.49. The molecular weight excluding hydrogens is 177 g/mol. The van der Waals surface area contributed by atoms with E-state index < -0.39 is 0 Å². The van der Waals surface area contributed by atoms with Gasteiger partial charge in [0, 0.05) is 18.8 Å². The number of rotatable bonds is 2. The first-order chi connectivity index (χ1) is 6.79. The Morgan fingerprint density at radius 3 is 2.57 bits per heavy atom. The highest BCUT2D eigenvalue weighted by atomic mass is 19.1. The van der Waals surface area contributed by atoms with Crippen LogP contribution in [0.4, 0.5) is 10.1 Å². The zero-order valence-electron chi connectivity index (χ0n) is 8.59. The SMILES string of the molecule is CCc1cc(F)cc(N2CCCC2)c1. The summed E-state index contributed by atoms with van der Waals surface area (Å²) in [6.07, 6.45) is 3.37. The van der Waals surface area contributed by atoms with Crippen molar-refractivity contribution in [3.8, 4) is 0 Å². The van der Waals surface area contributed by atoms with Gasteiger partial charge in [-0.05, 0) is 43.0 Å². The molecule has 0 bridgehead atoms. The van der Waals surface area contributed by atoms with Gasteiger partial charge in [-0.1, -0.05) is 6.92 Å². The summed E-state index contributed by atoms with van der Waals surface area (Å²) in [5.41, 5.74) is 2.14. The van der Waals surface area contributed by atoms with Crippen LogP contribution >= 0.6 is 0 Å². The van der Waals surface area contributed by atoms with Crippen LogP contribution in [0.15, 0.2) is 18.2 Å². The van der Waals surface area contributed by atoms with E-state index in [9.17, 15) is 4.39 Å².